The number of benzene rings is 1. The minimum absolute atomic E-state index is 0.0291. The fraction of sp³-hybridized carbons (Fsp3) is 0.333. The second kappa shape index (κ2) is 8.39. The van der Waals surface area contributed by atoms with Crippen LogP contribution in [0.15, 0.2) is 59.7 Å². The van der Waals surface area contributed by atoms with E-state index in [1.54, 1.807) is 12.4 Å². The SMILES string of the molecule is CC(C)(C)n1sc(-c2ccccc2)c(NCCCOc2ccncc2)c1=O. The van der Waals surface area contributed by atoms with Gasteiger partial charge in [-0.1, -0.05) is 41.9 Å². The average molecular weight is 384 g/mol. The third-order valence-electron chi connectivity index (χ3n) is 3.99. The van der Waals surface area contributed by atoms with E-state index in [0.29, 0.717) is 18.8 Å². The van der Waals surface area contributed by atoms with Crippen molar-refractivity contribution >= 4 is 17.2 Å². The number of nitrogens with one attached hydrogen (secondary N) is 1. The highest BCUT2D eigenvalue weighted by atomic mass is 32.1. The quantitative estimate of drug-likeness (QED) is 0.606. The molecule has 0 unspecified atom stereocenters. The molecular formula is C21H25N3O2S. The summed E-state index contributed by atoms with van der Waals surface area (Å²) in [6, 6.07) is 13.7. The van der Waals surface area contributed by atoms with Crippen LogP contribution in [0.3, 0.4) is 0 Å². The standard InChI is InChI=1S/C21H25N3O2S/c1-21(2,3)24-20(25)18(19(27-24)16-8-5-4-6-9-16)23-12-7-15-26-17-10-13-22-14-11-17/h4-6,8-11,13-14,23H,7,12,15H2,1-3H3. The highest BCUT2D eigenvalue weighted by molar-refractivity contribution is 7.11. The Balaban J connectivity index is 1.72. The van der Waals surface area contributed by atoms with E-state index in [9.17, 15) is 4.79 Å². The molecule has 2 heterocycles. The maximum atomic E-state index is 13.0. The molecule has 0 atom stereocenters. The number of anilines is 1. The van der Waals surface area contributed by atoms with Crippen molar-refractivity contribution in [1.29, 1.82) is 0 Å². The van der Waals surface area contributed by atoms with E-state index in [-0.39, 0.29) is 11.1 Å². The van der Waals surface area contributed by atoms with Crippen molar-refractivity contribution in [1.82, 2.24) is 8.94 Å². The minimum atomic E-state index is -0.254. The fourth-order valence-electron chi connectivity index (χ4n) is 2.67. The Morgan fingerprint density at radius 2 is 1.81 bits per heavy atom. The number of hydrogen-bond donors (Lipinski definition) is 1. The molecule has 0 aliphatic rings. The number of ether oxygens (including phenoxy) is 1. The molecule has 27 heavy (non-hydrogen) atoms. The maximum Gasteiger partial charge on any atom is 0.285 e. The Kier molecular flexibility index (Phi) is 5.96. The number of hydrogen-bond acceptors (Lipinski definition) is 5. The second-order valence-electron chi connectivity index (χ2n) is 7.24. The van der Waals surface area contributed by atoms with E-state index >= 15 is 0 Å². The molecule has 0 aliphatic carbocycles. The summed E-state index contributed by atoms with van der Waals surface area (Å²) in [5, 5.41) is 3.34. The lowest BCUT2D eigenvalue weighted by molar-refractivity contribution is 0.314. The third-order valence-corrected chi connectivity index (χ3v) is 5.51. The Morgan fingerprint density at radius 1 is 1.11 bits per heavy atom. The van der Waals surface area contributed by atoms with Crippen molar-refractivity contribution in [3.63, 3.8) is 0 Å². The van der Waals surface area contributed by atoms with Crippen LogP contribution < -0.4 is 15.6 Å². The van der Waals surface area contributed by atoms with Crippen LogP contribution in [-0.4, -0.2) is 22.1 Å². The topological polar surface area (TPSA) is 56.1 Å². The molecular weight excluding hydrogens is 358 g/mol. The van der Waals surface area contributed by atoms with Crippen LogP contribution in [0, 0.1) is 0 Å². The summed E-state index contributed by atoms with van der Waals surface area (Å²) in [5.74, 6) is 0.806. The van der Waals surface area contributed by atoms with Crippen LogP contribution in [0.1, 0.15) is 27.2 Å². The summed E-state index contributed by atoms with van der Waals surface area (Å²) < 4.78 is 7.53. The molecule has 0 amide bonds. The highest BCUT2D eigenvalue weighted by Gasteiger charge is 2.23. The van der Waals surface area contributed by atoms with Gasteiger partial charge in [0.05, 0.1) is 17.0 Å². The van der Waals surface area contributed by atoms with E-state index in [2.05, 4.69) is 10.3 Å². The van der Waals surface area contributed by atoms with Crippen LogP contribution in [-0.2, 0) is 5.54 Å². The van der Waals surface area contributed by atoms with Gasteiger partial charge in [0.2, 0.25) is 0 Å². The van der Waals surface area contributed by atoms with Gasteiger partial charge >= 0.3 is 0 Å². The first-order chi connectivity index (χ1) is 13.0. The summed E-state index contributed by atoms with van der Waals surface area (Å²) in [6.45, 7) is 7.39. The van der Waals surface area contributed by atoms with Gasteiger partial charge in [0.15, 0.2) is 0 Å². The molecule has 3 aromatic rings. The molecule has 5 nitrogen and oxygen atoms in total. The van der Waals surface area contributed by atoms with Crippen LogP contribution in [0.5, 0.6) is 5.75 Å². The number of pyridine rings is 1. The Hall–Kier alpha value is -2.60. The molecule has 0 radical (unpaired) electrons. The molecule has 0 saturated carbocycles. The molecule has 6 heteroatoms. The van der Waals surface area contributed by atoms with Gasteiger partial charge in [-0.2, -0.15) is 0 Å². The molecule has 0 saturated heterocycles. The van der Waals surface area contributed by atoms with Gasteiger partial charge in [-0.25, -0.2) is 0 Å². The lowest BCUT2D eigenvalue weighted by Gasteiger charge is -2.18. The van der Waals surface area contributed by atoms with Gasteiger partial charge in [-0.05, 0) is 44.9 Å². The first kappa shape index (κ1) is 19.2. The van der Waals surface area contributed by atoms with Crippen LogP contribution in [0.2, 0.25) is 0 Å². The smallest absolute Gasteiger partial charge is 0.285 e. The van der Waals surface area contributed by atoms with Crippen LogP contribution in [0.25, 0.3) is 10.4 Å². The maximum absolute atomic E-state index is 13.0. The van der Waals surface area contributed by atoms with Crippen molar-refractivity contribution < 1.29 is 4.74 Å². The molecule has 0 spiro atoms. The molecule has 0 bridgehead atoms. The molecule has 2 aromatic heterocycles. The zero-order valence-corrected chi connectivity index (χ0v) is 16.8. The zero-order valence-electron chi connectivity index (χ0n) is 15.9. The average Bonchev–Trinajstić information content (AvgIpc) is 3.00. The normalized spacial score (nSPS) is 11.4. The molecule has 142 valence electrons. The Bertz CT molecular complexity index is 912. The van der Waals surface area contributed by atoms with E-state index in [1.165, 1.54) is 11.5 Å². The summed E-state index contributed by atoms with van der Waals surface area (Å²) >= 11 is 1.51. The van der Waals surface area contributed by atoms with Gasteiger partial charge in [-0.15, -0.1) is 0 Å². The summed E-state index contributed by atoms with van der Waals surface area (Å²) in [6.07, 6.45) is 4.21. The van der Waals surface area contributed by atoms with E-state index in [1.807, 2.05) is 67.2 Å². The molecule has 3 rings (SSSR count). The summed E-state index contributed by atoms with van der Waals surface area (Å²) in [5.41, 5.74) is 1.50. The van der Waals surface area contributed by atoms with Gasteiger partial charge in [0, 0.05) is 18.9 Å². The molecule has 1 aromatic carbocycles. The largest absolute Gasteiger partial charge is 0.493 e. The highest BCUT2D eigenvalue weighted by Crippen LogP contribution is 2.33. The van der Waals surface area contributed by atoms with Gasteiger partial charge in [0.25, 0.3) is 5.56 Å². The van der Waals surface area contributed by atoms with Crippen molar-refractivity contribution in [2.75, 3.05) is 18.5 Å². The first-order valence-corrected chi connectivity index (χ1v) is 9.83. The van der Waals surface area contributed by atoms with E-state index in [4.69, 9.17) is 4.74 Å². The summed E-state index contributed by atoms with van der Waals surface area (Å²) in [7, 11) is 0. The van der Waals surface area contributed by atoms with Crippen molar-refractivity contribution in [3.05, 3.63) is 65.2 Å². The van der Waals surface area contributed by atoms with Crippen molar-refractivity contribution in [2.24, 2.45) is 0 Å². The predicted octanol–water partition coefficient (Wildman–Crippen LogP) is 4.61. The zero-order chi connectivity index (χ0) is 19.3. The number of aromatic nitrogens is 2. The molecule has 1 N–H and O–H groups in total. The monoisotopic (exact) mass is 383 g/mol. The Labute approximate surface area is 163 Å². The van der Waals surface area contributed by atoms with Gasteiger partial charge < -0.3 is 10.1 Å². The van der Waals surface area contributed by atoms with Crippen molar-refractivity contribution in [3.8, 4) is 16.2 Å². The van der Waals surface area contributed by atoms with Crippen molar-refractivity contribution in [2.45, 2.75) is 32.7 Å². The lowest BCUT2D eigenvalue weighted by atomic mass is 10.1. The second-order valence-corrected chi connectivity index (χ2v) is 8.20. The predicted molar refractivity (Wildman–Crippen MR) is 112 cm³/mol. The van der Waals surface area contributed by atoms with Gasteiger partial charge in [-0.3, -0.25) is 13.7 Å². The van der Waals surface area contributed by atoms with E-state index < -0.39 is 0 Å². The number of nitrogens with zero attached hydrogens (tertiary/aromatic N) is 2. The van der Waals surface area contributed by atoms with Crippen LogP contribution in [0.4, 0.5) is 5.69 Å². The van der Waals surface area contributed by atoms with Crippen LogP contribution >= 0.6 is 11.5 Å². The lowest BCUT2D eigenvalue weighted by Crippen LogP contribution is -2.30. The first-order valence-electron chi connectivity index (χ1n) is 9.06. The Morgan fingerprint density at radius 3 is 2.48 bits per heavy atom. The molecule has 0 aliphatic heterocycles. The summed E-state index contributed by atoms with van der Waals surface area (Å²) in [4.78, 5) is 17.9. The number of rotatable bonds is 7. The minimum Gasteiger partial charge on any atom is -0.493 e. The van der Waals surface area contributed by atoms with E-state index in [0.717, 1.165) is 22.6 Å². The molecule has 0 fully saturated rings. The third kappa shape index (κ3) is 4.77. The fourth-order valence-corrected chi connectivity index (χ4v) is 3.79. The van der Waals surface area contributed by atoms with Gasteiger partial charge in [0.1, 0.15) is 11.4 Å².